The molecule has 33 heavy (non-hydrogen) atoms. The number of ether oxygens (including phenoxy) is 4. The maximum Gasteiger partial charge on any atom is 0.509 e. The third kappa shape index (κ3) is 8.81. The van der Waals surface area contributed by atoms with Crippen molar-refractivity contribution in [3.8, 4) is 11.5 Å². The van der Waals surface area contributed by atoms with Gasteiger partial charge in [0.1, 0.15) is 0 Å². The molecule has 1 fully saturated rings. The SMILES string of the molecule is CCCCCCCCOc1c(Cl)cc(CNC2CCC(OC(=O)O)(OC(=O)O)C2)cc1OC. The van der Waals surface area contributed by atoms with Crippen LogP contribution >= 0.6 is 11.6 Å². The van der Waals surface area contributed by atoms with Gasteiger partial charge >= 0.3 is 12.3 Å². The van der Waals surface area contributed by atoms with Crippen molar-refractivity contribution < 1.29 is 38.7 Å². The van der Waals surface area contributed by atoms with Gasteiger partial charge in [0.2, 0.25) is 0 Å². The molecular weight excluding hydrogens is 454 g/mol. The highest BCUT2D eigenvalue weighted by atomic mass is 35.5. The molecule has 0 aliphatic heterocycles. The first-order valence-corrected chi connectivity index (χ1v) is 11.7. The number of unbranched alkanes of at least 4 members (excludes halogenated alkanes) is 5. The molecule has 0 bridgehead atoms. The molecule has 1 aliphatic rings. The van der Waals surface area contributed by atoms with Gasteiger partial charge < -0.3 is 34.5 Å². The number of hydrogen-bond acceptors (Lipinski definition) is 7. The Labute approximate surface area is 199 Å². The number of hydrogen-bond donors (Lipinski definition) is 3. The molecule has 0 heterocycles. The fraction of sp³-hybridized carbons (Fsp3) is 0.652. The summed E-state index contributed by atoms with van der Waals surface area (Å²) in [6, 6.07) is 3.42. The van der Waals surface area contributed by atoms with Gasteiger partial charge in [-0.05, 0) is 30.5 Å². The summed E-state index contributed by atoms with van der Waals surface area (Å²) in [6.07, 6.45) is 4.54. The molecule has 1 saturated carbocycles. The zero-order valence-electron chi connectivity index (χ0n) is 19.2. The fourth-order valence-corrected chi connectivity index (χ4v) is 4.29. The first kappa shape index (κ1) is 26.9. The molecule has 186 valence electrons. The third-order valence-electron chi connectivity index (χ3n) is 5.61. The van der Waals surface area contributed by atoms with Crippen LogP contribution in [0, 0.1) is 0 Å². The number of benzene rings is 1. The van der Waals surface area contributed by atoms with E-state index < -0.39 is 18.1 Å². The van der Waals surface area contributed by atoms with Gasteiger partial charge in [-0.2, -0.15) is 0 Å². The zero-order valence-corrected chi connectivity index (χ0v) is 20.0. The van der Waals surface area contributed by atoms with E-state index >= 15 is 0 Å². The van der Waals surface area contributed by atoms with Gasteiger partial charge in [0.15, 0.2) is 11.5 Å². The van der Waals surface area contributed by atoms with Crippen molar-refractivity contribution in [2.24, 2.45) is 0 Å². The van der Waals surface area contributed by atoms with Gasteiger partial charge in [0.25, 0.3) is 5.79 Å². The molecule has 2 rings (SSSR count). The van der Waals surface area contributed by atoms with Gasteiger partial charge in [0.05, 0.1) is 18.7 Å². The van der Waals surface area contributed by atoms with Crippen LogP contribution in [0.4, 0.5) is 9.59 Å². The molecule has 9 nitrogen and oxygen atoms in total. The number of rotatable bonds is 14. The predicted molar refractivity (Wildman–Crippen MR) is 122 cm³/mol. The van der Waals surface area contributed by atoms with Gasteiger partial charge in [-0.3, -0.25) is 0 Å². The minimum atomic E-state index is -1.70. The van der Waals surface area contributed by atoms with Gasteiger partial charge in [-0.1, -0.05) is 50.6 Å². The summed E-state index contributed by atoms with van der Waals surface area (Å²) < 4.78 is 20.8. The lowest BCUT2D eigenvalue weighted by atomic mass is 10.1. The van der Waals surface area contributed by atoms with Crippen LogP contribution in [0.15, 0.2) is 12.1 Å². The van der Waals surface area contributed by atoms with E-state index in [1.165, 1.54) is 25.7 Å². The molecule has 1 aromatic rings. The first-order valence-electron chi connectivity index (χ1n) is 11.3. The molecule has 10 heteroatoms. The largest absolute Gasteiger partial charge is 0.509 e. The highest BCUT2D eigenvalue weighted by Gasteiger charge is 2.46. The van der Waals surface area contributed by atoms with Gasteiger partial charge in [-0.25, -0.2) is 9.59 Å². The molecule has 0 amide bonds. The molecule has 0 radical (unpaired) electrons. The van der Waals surface area contributed by atoms with Crippen molar-refractivity contribution in [2.45, 2.75) is 83.1 Å². The Morgan fingerprint density at radius 1 is 1.12 bits per heavy atom. The quantitative estimate of drug-likeness (QED) is 0.169. The Kier molecular flexibility index (Phi) is 10.9. The second-order valence-electron chi connectivity index (χ2n) is 8.19. The third-order valence-corrected chi connectivity index (χ3v) is 5.89. The van der Waals surface area contributed by atoms with E-state index in [4.69, 9.17) is 40.8 Å². The molecule has 0 spiro atoms. The number of methoxy groups -OCH3 is 1. The highest BCUT2D eigenvalue weighted by Crippen LogP contribution is 2.38. The molecule has 3 N–H and O–H groups in total. The predicted octanol–water partition coefficient (Wildman–Crippen LogP) is 5.82. The maximum absolute atomic E-state index is 11.0. The van der Waals surface area contributed by atoms with Crippen LogP contribution in [0.3, 0.4) is 0 Å². The average Bonchev–Trinajstić information content (AvgIpc) is 3.13. The molecule has 1 aliphatic carbocycles. The minimum absolute atomic E-state index is 0.0793. The first-order chi connectivity index (χ1) is 15.8. The topological polar surface area (TPSA) is 124 Å². The monoisotopic (exact) mass is 487 g/mol. The van der Waals surface area contributed by atoms with E-state index in [1.54, 1.807) is 13.2 Å². The van der Waals surface area contributed by atoms with Crippen LogP contribution in [-0.2, 0) is 16.0 Å². The van der Waals surface area contributed by atoms with Crippen molar-refractivity contribution in [1.82, 2.24) is 5.32 Å². The van der Waals surface area contributed by atoms with Crippen LogP contribution < -0.4 is 14.8 Å². The summed E-state index contributed by atoms with van der Waals surface area (Å²) in [7, 11) is 1.55. The smallest absolute Gasteiger partial charge is 0.493 e. The molecule has 1 aromatic carbocycles. The van der Waals surface area contributed by atoms with Crippen LogP contribution in [-0.4, -0.2) is 48.1 Å². The van der Waals surface area contributed by atoms with E-state index in [9.17, 15) is 9.59 Å². The summed E-state index contributed by atoms with van der Waals surface area (Å²) in [4.78, 5) is 21.9. The normalized spacial score (nSPS) is 16.9. The number of carboxylic acid groups (broad SMARTS) is 2. The van der Waals surface area contributed by atoms with E-state index in [0.717, 1.165) is 18.4 Å². The van der Waals surface area contributed by atoms with Crippen LogP contribution in [0.25, 0.3) is 0 Å². The van der Waals surface area contributed by atoms with Crippen molar-refractivity contribution in [3.05, 3.63) is 22.7 Å². The second-order valence-corrected chi connectivity index (χ2v) is 8.60. The number of halogens is 1. The van der Waals surface area contributed by atoms with Gasteiger partial charge in [-0.15, -0.1) is 0 Å². The summed E-state index contributed by atoms with van der Waals surface area (Å²) in [5.41, 5.74) is 0.847. The molecule has 1 unspecified atom stereocenters. The lowest BCUT2D eigenvalue weighted by Crippen LogP contribution is -2.39. The lowest BCUT2D eigenvalue weighted by Gasteiger charge is -2.26. The summed E-state index contributed by atoms with van der Waals surface area (Å²) in [5, 5.41) is 21.6. The van der Waals surface area contributed by atoms with Crippen LogP contribution in [0.2, 0.25) is 5.02 Å². The standard InChI is InChI=1S/C23H34ClNO8/c1-3-4-5-6-7-8-11-31-20-18(24)12-16(13-19(20)30-2)15-25-17-9-10-23(14-17,32-21(26)27)33-22(28)29/h12-13,17,25H,3-11,14-15H2,1-2H3,(H,26,27)(H,28,29). The number of carbonyl (C=O) groups is 2. The maximum atomic E-state index is 11.0. The van der Waals surface area contributed by atoms with E-state index in [1.807, 2.05) is 6.07 Å². The fourth-order valence-electron chi connectivity index (χ4n) is 4.01. The Morgan fingerprint density at radius 3 is 2.42 bits per heavy atom. The van der Waals surface area contributed by atoms with Crippen molar-refractivity contribution >= 4 is 23.9 Å². The van der Waals surface area contributed by atoms with Crippen molar-refractivity contribution in [3.63, 3.8) is 0 Å². The Hall–Kier alpha value is -2.39. The van der Waals surface area contributed by atoms with E-state index in [2.05, 4.69) is 12.2 Å². The van der Waals surface area contributed by atoms with Gasteiger partial charge in [0, 0.05) is 25.4 Å². The zero-order chi connectivity index (χ0) is 24.3. The number of nitrogens with one attached hydrogen (secondary N) is 1. The average molecular weight is 488 g/mol. The Balaban J connectivity index is 1.90. The lowest BCUT2D eigenvalue weighted by molar-refractivity contribution is -0.177. The molecule has 1 atom stereocenters. The molecule has 0 aromatic heterocycles. The van der Waals surface area contributed by atoms with Crippen molar-refractivity contribution in [2.75, 3.05) is 13.7 Å². The Bertz CT molecular complexity index is 772. The van der Waals surface area contributed by atoms with E-state index in [-0.39, 0.29) is 18.9 Å². The van der Waals surface area contributed by atoms with Crippen LogP contribution in [0.1, 0.15) is 70.3 Å². The van der Waals surface area contributed by atoms with Crippen LogP contribution in [0.5, 0.6) is 11.5 Å². The highest BCUT2D eigenvalue weighted by molar-refractivity contribution is 6.32. The summed E-state index contributed by atoms with van der Waals surface area (Å²) >= 11 is 6.45. The minimum Gasteiger partial charge on any atom is -0.493 e. The molecule has 0 saturated heterocycles. The van der Waals surface area contributed by atoms with Crippen molar-refractivity contribution in [1.29, 1.82) is 0 Å². The Morgan fingerprint density at radius 2 is 1.79 bits per heavy atom. The molecular formula is C23H34ClNO8. The second kappa shape index (κ2) is 13.3. The summed E-state index contributed by atoms with van der Waals surface area (Å²) in [5.74, 6) is -0.644. The van der Waals surface area contributed by atoms with E-state index in [0.29, 0.717) is 36.1 Å². The summed E-state index contributed by atoms with van der Waals surface area (Å²) in [6.45, 7) is 3.17.